The average Bonchev–Trinajstić information content (AvgIpc) is 3.34. The van der Waals surface area contributed by atoms with E-state index in [1.165, 1.54) is 4.90 Å². The van der Waals surface area contributed by atoms with Gasteiger partial charge in [-0.25, -0.2) is 4.79 Å². The Bertz CT molecular complexity index is 996. The van der Waals surface area contributed by atoms with Crippen molar-refractivity contribution in [3.63, 3.8) is 0 Å². The number of carboxylic acid groups (broad SMARTS) is 1. The maximum atomic E-state index is 12.5. The van der Waals surface area contributed by atoms with E-state index in [9.17, 15) is 24.6 Å². The van der Waals surface area contributed by atoms with Crippen LogP contribution in [0.15, 0.2) is 22.9 Å². The van der Waals surface area contributed by atoms with Crippen LogP contribution in [0, 0.1) is 11.8 Å². The summed E-state index contributed by atoms with van der Waals surface area (Å²) in [7, 11) is 1.89. The first-order valence-corrected chi connectivity index (χ1v) is 11.7. The zero-order valence-electron chi connectivity index (χ0n) is 18.8. The SMILES string of the molecule is C[C@@H](O)[C@H]1C(=O)N2C(C(=O)O)=C(S[C@@H]3CN[C@H](Cc4cc[n+](CC(N)=O)n4C)C3)[C@H](C)[C@H]12.[Cl-]. The van der Waals surface area contributed by atoms with E-state index in [1.807, 2.05) is 30.9 Å². The number of aliphatic hydroxyl groups excluding tert-OH is 1. The van der Waals surface area contributed by atoms with Gasteiger partial charge < -0.3 is 38.6 Å². The Morgan fingerprint density at radius 1 is 1.42 bits per heavy atom. The van der Waals surface area contributed by atoms with Crippen LogP contribution in [0.2, 0.25) is 0 Å². The molecule has 0 saturated carbocycles. The highest BCUT2D eigenvalue weighted by molar-refractivity contribution is 8.03. The van der Waals surface area contributed by atoms with Gasteiger partial charge in [-0.3, -0.25) is 9.59 Å². The molecule has 12 heteroatoms. The Morgan fingerprint density at radius 3 is 2.73 bits per heavy atom. The van der Waals surface area contributed by atoms with E-state index in [-0.39, 0.29) is 53.8 Å². The molecule has 1 aromatic heterocycles. The van der Waals surface area contributed by atoms with Gasteiger partial charge in [0.05, 0.1) is 30.8 Å². The molecule has 3 aliphatic heterocycles. The topological polar surface area (TPSA) is 142 Å². The molecule has 0 aliphatic carbocycles. The Labute approximate surface area is 202 Å². The van der Waals surface area contributed by atoms with Crippen molar-refractivity contribution < 1.29 is 41.7 Å². The van der Waals surface area contributed by atoms with Crippen molar-refractivity contribution in [1.29, 1.82) is 0 Å². The van der Waals surface area contributed by atoms with Crippen molar-refractivity contribution in [3.8, 4) is 0 Å². The number of rotatable bonds is 8. The molecule has 0 radical (unpaired) electrons. The molecule has 0 spiro atoms. The van der Waals surface area contributed by atoms with Crippen molar-refractivity contribution in [2.45, 2.75) is 56.7 Å². The summed E-state index contributed by atoms with van der Waals surface area (Å²) in [5, 5.41) is 23.5. The number of nitrogens with two attached hydrogens (primary N) is 1. The minimum Gasteiger partial charge on any atom is -1.00 e. The number of aromatic nitrogens is 2. The van der Waals surface area contributed by atoms with Gasteiger partial charge in [0.15, 0.2) is 6.20 Å². The third-order valence-electron chi connectivity index (χ3n) is 6.80. The predicted octanol–water partition coefficient (Wildman–Crippen LogP) is -4.04. The first kappa shape index (κ1) is 25.5. The van der Waals surface area contributed by atoms with Gasteiger partial charge >= 0.3 is 5.97 Å². The minimum atomic E-state index is -1.09. The highest BCUT2D eigenvalue weighted by Crippen LogP contribution is 2.51. The standard InChI is InChI=1S/C21H29N5O5S.ClH/c1-10-17-16(11(2)27)20(29)26(17)18(21(30)31)19(10)32-14-7-12(23-8-14)6-13-4-5-25(24(13)3)9-15(22)28;/h4-5,10-12,14,16-17,23,27H,6-9H2,1-3H3,(H2-,22,28,30,31);1H/t10-,11-,12-,14+,16-,17-;/m1./s1. The number of hydrogen-bond donors (Lipinski definition) is 4. The van der Waals surface area contributed by atoms with Gasteiger partial charge in [-0.05, 0) is 13.3 Å². The second kappa shape index (κ2) is 9.65. The second-order valence-corrected chi connectivity index (χ2v) is 10.3. The van der Waals surface area contributed by atoms with Crippen LogP contribution in [0.3, 0.4) is 0 Å². The summed E-state index contributed by atoms with van der Waals surface area (Å²) in [6.45, 7) is 4.39. The third-order valence-corrected chi connectivity index (χ3v) is 8.31. The number of hydrogen-bond acceptors (Lipinski definition) is 6. The summed E-state index contributed by atoms with van der Waals surface area (Å²) in [6.07, 6.45) is 2.67. The number of nitrogens with one attached hydrogen (secondary N) is 1. The first-order valence-electron chi connectivity index (χ1n) is 10.8. The largest absolute Gasteiger partial charge is 1.00 e. The molecule has 5 N–H and O–H groups in total. The number of halogens is 1. The van der Waals surface area contributed by atoms with Crippen LogP contribution < -0.4 is 28.1 Å². The Kier molecular flexibility index (Phi) is 7.47. The molecule has 0 bridgehead atoms. The molecule has 1 aromatic rings. The number of carboxylic acids is 1. The van der Waals surface area contributed by atoms with Gasteiger partial charge in [0.2, 0.25) is 12.5 Å². The summed E-state index contributed by atoms with van der Waals surface area (Å²) in [4.78, 5) is 37.8. The number of aliphatic hydroxyl groups is 1. The summed E-state index contributed by atoms with van der Waals surface area (Å²) in [5.74, 6) is -2.46. The zero-order chi connectivity index (χ0) is 23.3. The van der Waals surface area contributed by atoms with E-state index in [0.717, 1.165) is 30.0 Å². The molecule has 4 rings (SSSR count). The summed E-state index contributed by atoms with van der Waals surface area (Å²) in [5.41, 5.74) is 6.44. The van der Waals surface area contributed by atoms with Gasteiger partial charge in [0, 0.05) is 41.1 Å². The van der Waals surface area contributed by atoms with E-state index in [2.05, 4.69) is 5.32 Å². The normalized spacial score (nSPS) is 29.5. The minimum absolute atomic E-state index is 0. The van der Waals surface area contributed by atoms with Gasteiger partial charge in [0.1, 0.15) is 5.70 Å². The highest BCUT2D eigenvalue weighted by Gasteiger charge is 2.60. The van der Waals surface area contributed by atoms with E-state index in [4.69, 9.17) is 5.73 Å². The molecule has 3 aliphatic rings. The molecule has 0 aromatic carbocycles. The Balaban J connectivity index is 0.00000306. The van der Waals surface area contributed by atoms with Crippen LogP contribution in [0.4, 0.5) is 0 Å². The molecule has 33 heavy (non-hydrogen) atoms. The summed E-state index contributed by atoms with van der Waals surface area (Å²) >= 11 is 1.54. The van der Waals surface area contributed by atoms with Gasteiger partial charge in [0.25, 0.3) is 5.91 Å². The summed E-state index contributed by atoms with van der Waals surface area (Å²) < 4.78 is 3.69. The van der Waals surface area contributed by atoms with Crippen molar-refractivity contribution in [2.75, 3.05) is 6.54 Å². The van der Waals surface area contributed by atoms with Crippen LogP contribution >= 0.6 is 11.8 Å². The number of β-lactam (4-membered cyclic amide) rings is 1. The van der Waals surface area contributed by atoms with Crippen LogP contribution in [0.25, 0.3) is 0 Å². The fraction of sp³-hybridized carbons (Fsp3) is 0.619. The molecule has 0 unspecified atom stereocenters. The molecule has 4 heterocycles. The number of fused-ring (bicyclic) bond motifs is 1. The number of carbonyl (C=O) groups excluding carboxylic acids is 2. The van der Waals surface area contributed by atoms with Crippen LogP contribution in [-0.2, 0) is 34.4 Å². The number of primary amides is 1. The molecule has 2 saturated heterocycles. The van der Waals surface area contributed by atoms with E-state index in [1.54, 1.807) is 23.4 Å². The van der Waals surface area contributed by atoms with Crippen molar-refractivity contribution in [2.24, 2.45) is 24.6 Å². The van der Waals surface area contributed by atoms with E-state index in [0.29, 0.717) is 0 Å². The van der Waals surface area contributed by atoms with Gasteiger partial charge in [-0.1, -0.05) is 6.92 Å². The Hall–Kier alpha value is -2.08. The van der Waals surface area contributed by atoms with Gasteiger partial charge in [-0.15, -0.1) is 16.4 Å². The number of aliphatic carboxylic acids is 1. The fourth-order valence-corrected chi connectivity index (χ4v) is 6.72. The highest BCUT2D eigenvalue weighted by atomic mass is 35.5. The smallest absolute Gasteiger partial charge is 0.353 e. The van der Waals surface area contributed by atoms with Crippen LogP contribution in [-0.4, -0.2) is 67.6 Å². The maximum absolute atomic E-state index is 12.5. The van der Waals surface area contributed by atoms with Crippen molar-refractivity contribution >= 4 is 29.5 Å². The molecular formula is C21H30ClN5O5S. The second-order valence-electron chi connectivity index (χ2n) is 8.95. The lowest BCUT2D eigenvalue weighted by atomic mass is 9.79. The van der Waals surface area contributed by atoms with E-state index >= 15 is 0 Å². The third kappa shape index (κ3) is 4.51. The lowest BCUT2D eigenvalue weighted by Gasteiger charge is -2.46. The lowest BCUT2D eigenvalue weighted by molar-refractivity contribution is -0.762. The maximum Gasteiger partial charge on any atom is 0.353 e. The van der Waals surface area contributed by atoms with Crippen molar-refractivity contribution in [3.05, 3.63) is 28.6 Å². The number of nitrogens with zero attached hydrogens (tertiary/aromatic N) is 3. The Morgan fingerprint density at radius 2 is 2.12 bits per heavy atom. The predicted molar refractivity (Wildman–Crippen MR) is 116 cm³/mol. The monoisotopic (exact) mass is 499 g/mol. The summed E-state index contributed by atoms with van der Waals surface area (Å²) in [6, 6.07) is 1.91. The molecule has 2 amide bonds. The lowest BCUT2D eigenvalue weighted by Crippen LogP contribution is -3.00. The molecular weight excluding hydrogens is 470 g/mol. The first-order chi connectivity index (χ1) is 15.1. The zero-order valence-corrected chi connectivity index (χ0v) is 20.3. The van der Waals surface area contributed by atoms with Crippen molar-refractivity contribution in [1.82, 2.24) is 14.9 Å². The molecule has 6 atom stereocenters. The average molecular weight is 500 g/mol. The van der Waals surface area contributed by atoms with Gasteiger partial charge in [-0.2, -0.15) is 4.68 Å². The fourth-order valence-electron chi connectivity index (χ4n) is 5.20. The van der Waals surface area contributed by atoms with Crippen LogP contribution in [0.1, 0.15) is 26.0 Å². The number of carbonyl (C=O) groups is 3. The number of amides is 2. The number of thioether (sulfide) groups is 1. The molecule has 182 valence electrons. The molecule has 10 nitrogen and oxygen atoms in total. The molecule has 2 fully saturated rings. The quantitative estimate of drug-likeness (QED) is 0.211. The van der Waals surface area contributed by atoms with Crippen LogP contribution in [0.5, 0.6) is 0 Å². The van der Waals surface area contributed by atoms with E-state index < -0.39 is 23.9 Å².